The zero-order valence-electron chi connectivity index (χ0n) is 14.9. The molecule has 0 spiro atoms. The lowest BCUT2D eigenvalue weighted by Crippen LogP contribution is -2.52. The number of aromatic nitrogens is 2. The number of carbonyl (C=O) groups is 1. The van der Waals surface area contributed by atoms with Crippen LogP contribution in [0.3, 0.4) is 0 Å². The minimum absolute atomic E-state index is 0.0342. The van der Waals surface area contributed by atoms with Gasteiger partial charge in [-0.3, -0.25) is 9.36 Å². The molecule has 2 heterocycles. The molecular weight excluding hydrogens is 374 g/mol. The van der Waals surface area contributed by atoms with Gasteiger partial charge >= 0.3 is 6.09 Å². The fourth-order valence-corrected chi connectivity index (χ4v) is 3.95. The van der Waals surface area contributed by atoms with E-state index in [1.807, 2.05) is 6.92 Å². The van der Waals surface area contributed by atoms with Crippen molar-refractivity contribution in [2.75, 3.05) is 6.54 Å². The molecule has 0 radical (unpaired) electrons. The minimum Gasteiger partial charge on any atom is -0.465 e. The maximum atomic E-state index is 12.7. The van der Waals surface area contributed by atoms with Gasteiger partial charge in [-0.25, -0.2) is 9.78 Å². The van der Waals surface area contributed by atoms with Crippen molar-refractivity contribution in [2.45, 2.75) is 51.0 Å². The number of hydrogen-bond acceptors (Lipinski definition) is 5. The van der Waals surface area contributed by atoms with Crippen molar-refractivity contribution in [3.63, 3.8) is 0 Å². The van der Waals surface area contributed by atoms with E-state index in [4.69, 9.17) is 11.6 Å². The van der Waals surface area contributed by atoms with Crippen molar-refractivity contribution in [1.82, 2.24) is 14.5 Å². The van der Waals surface area contributed by atoms with Crippen LogP contribution < -0.4 is 5.56 Å². The van der Waals surface area contributed by atoms with E-state index in [-0.39, 0.29) is 18.5 Å². The van der Waals surface area contributed by atoms with Crippen LogP contribution in [0.15, 0.2) is 23.3 Å². The Hall–Kier alpha value is -2.16. The van der Waals surface area contributed by atoms with Crippen molar-refractivity contribution in [3.8, 4) is 0 Å². The summed E-state index contributed by atoms with van der Waals surface area (Å²) in [6, 6.07) is 2.56. The van der Waals surface area contributed by atoms with Gasteiger partial charge in [0.1, 0.15) is 0 Å². The number of halogens is 1. The predicted molar refractivity (Wildman–Crippen MR) is 100 cm³/mol. The van der Waals surface area contributed by atoms with Crippen LogP contribution in [0.4, 0.5) is 4.79 Å². The number of nitrogens with zero attached hydrogens (tertiary/aromatic N) is 3. The molecule has 3 atom stereocenters. The summed E-state index contributed by atoms with van der Waals surface area (Å²) in [5.74, 6) is 0. The van der Waals surface area contributed by atoms with Gasteiger partial charge < -0.3 is 20.2 Å². The molecule has 27 heavy (non-hydrogen) atoms. The van der Waals surface area contributed by atoms with Crippen LogP contribution >= 0.6 is 11.6 Å². The highest BCUT2D eigenvalue weighted by atomic mass is 35.5. The van der Waals surface area contributed by atoms with Gasteiger partial charge in [0.2, 0.25) is 0 Å². The molecule has 8 nitrogen and oxygen atoms in total. The summed E-state index contributed by atoms with van der Waals surface area (Å²) in [5, 5.41) is 30.7. The van der Waals surface area contributed by atoms with E-state index in [0.29, 0.717) is 35.3 Å². The molecule has 146 valence electrons. The number of piperidine rings is 1. The fourth-order valence-electron chi connectivity index (χ4n) is 3.67. The topological polar surface area (TPSA) is 116 Å². The Morgan fingerprint density at radius 2 is 2.19 bits per heavy atom. The van der Waals surface area contributed by atoms with Crippen LogP contribution in [0, 0.1) is 6.92 Å². The summed E-state index contributed by atoms with van der Waals surface area (Å²) in [4.78, 5) is 29.5. The standard InChI is InChI=1S/C18H22ClN3O5/c1-10-5-11(19)6-13-16(10)20-9-21(17(13)25)8-12(23)7-14-15(24)3-2-4-22(14)18(26)27/h5-6,9,12,14-15,23-24H,2-4,7-8H2,1H3,(H,26,27)/t12-,14-,15+/m1/s1. The van der Waals surface area contributed by atoms with Crippen molar-refractivity contribution in [1.29, 1.82) is 0 Å². The number of aliphatic hydroxyl groups excluding tert-OH is 2. The third-order valence-electron chi connectivity index (χ3n) is 4.99. The fraction of sp³-hybridized carbons (Fsp3) is 0.500. The highest BCUT2D eigenvalue weighted by Gasteiger charge is 2.34. The van der Waals surface area contributed by atoms with Crippen molar-refractivity contribution in [2.24, 2.45) is 0 Å². The Bertz CT molecular complexity index is 916. The molecule has 0 aliphatic carbocycles. The highest BCUT2D eigenvalue weighted by molar-refractivity contribution is 6.31. The molecule has 0 saturated carbocycles. The zero-order chi connectivity index (χ0) is 19.7. The van der Waals surface area contributed by atoms with E-state index in [1.54, 1.807) is 12.1 Å². The SMILES string of the molecule is Cc1cc(Cl)cc2c(=O)n(C[C@H](O)C[C@@H]3[C@@H](O)CCCN3C(=O)O)cnc12. The van der Waals surface area contributed by atoms with Crippen molar-refractivity contribution >= 4 is 28.6 Å². The highest BCUT2D eigenvalue weighted by Crippen LogP contribution is 2.23. The van der Waals surface area contributed by atoms with Crippen LogP contribution in [0.5, 0.6) is 0 Å². The number of likely N-dealkylation sites (tertiary alicyclic amines) is 1. The lowest BCUT2D eigenvalue weighted by atomic mass is 9.94. The van der Waals surface area contributed by atoms with Crippen LogP contribution in [0.25, 0.3) is 10.9 Å². The first-order valence-electron chi connectivity index (χ1n) is 8.79. The number of fused-ring (bicyclic) bond motifs is 1. The van der Waals surface area contributed by atoms with Gasteiger partial charge in [0.05, 0.1) is 42.0 Å². The molecule has 1 aromatic heterocycles. The number of aryl methyl sites for hydroxylation is 1. The Balaban J connectivity index is 1.81. The molecule has 3 N–H and O–H groups in total. The minimum atomic E-state index is -1.12. The molecule has 1 aliphatic heterocycles. The second kappa shape index (κ2) is 7.84. The van der Waals surface area contributed by atoms with E-state index in [9.17, 15) is 24.9 Å². The first-order valence-corrected chi connectivity index (χ1v) is 9.16. The quantitative estimate of drug-likeness (QED) is 0.724. The molecule has 9 heteroatoms. The number of benzene rings is 1. The average molecular weight is 396 g/mol. The summed E-state index contributed by atoms with van der Waals surface area (Å²) in [6.07, 6.45) is -0.516. The lowest BCUT2D eigenvalue weighted by Gasteiger charge is -2.38. The smallest absolute Gasteiger partial charge is 0.407 e. The van der Waals surface area contributed by atoms with E-state index >= 15 is 0 Å². The monoisotopic (exact) mass is 395 g/mol. The number of amides is 1. The molecule has 1 amide bonds. The van der Waals surface area contributed by atoms with Crippen LogP contribution in [-0.4, -0.2) is 60.7 Å². The van der Waals surface area contributed by atoms with E-state index in [0.717, 1.165) is 10.5 Å². The van der Waals surface area contributed by atoms with Crippen LogP contribution in [0.1, 0.15) is 24.8 Å². The van der Waals surface area contributed by atoms with Crippen molar-refractivity contribution < 1.29 is 20.1 Å². The lowest BCUT2D eigenvalue weighted by molar-refractivity contribution is -0.00935. The molecule has 1 saturated heterocycles. The average Bonchev–Trinajstić information content (AvgIpc) is 2.59. The normalized spacial score (nSPS) is 21.4. The summed E-state index contributed by atoms with van der Waals surface area (Å²) < 4.78 is 1.28. The summed E-state index contributed by atoms with van der Waals surface area (Å²) in [6.45, 7) is 2.08. The van der Waals surface area contributed by atoms with Gasteiger partial charge in [0, 0.05) is 11.6 Å². The molecule has 3 rings (SSSR count). The molecule has 2 aromatic rings. The van der Waals surface area contributed by atoms with E-state index in [1.165, 1.54) is 10.9 Å². The van der Waals surface area contributed by atoms with Gasteiger partial charge in [-0.1, -0.05) is 11.6 Å². The van der Waals surface area contributed by atoms with Crippen molar-refractivity contribution in [3.05, 3.63) is 39.4 Å². The third kappa shape index (κ3) is 4.07. The second-order valence-corrected chi connectivity index (χ2v) is 7.40. The Kier molecular flexibility index (Phi) is 5.69. The summed E-state index contributed by atoms with van der Waals surface area (Å²) >= 11 is 6.03. The number of carboxylic acid groups (broad SMARTS) is 1. The van der Waals surface area contributed by atoms with Gasteiger partial charge in [-0.05, 0) is 43.9 Å². The van der Waals surface area contributed by atoms with Crippen LogP contribution in [0.2, 0.25) is 5.02 Å². The third-order valence-corrected chi connectivity index (χ3v) is 5.21. The zero-order valence-corrected chi connectivity index (χ0v) is 15.6. The summed E-state index contributed by atoms with van der Waals surface area (Å²) in [7, 11) is 0. The molecule has 1 aliphatic rings. The van der Waals surface area contributed by atoms with Gasteiger partial charge in [-0.2, -0.15) is 0 Å². The molecular formula is C18H22ClN3O5. The first kappa shape index (κ1) is 19.6. The molecule has 0 unspecified atom stereocenters. The predicted octanol–water partition coefficient (Wildman–Crippen LogP) is 1.61. The molecule has 0 bridgehead atoms. The molecule has 1 aromatic carbocycles. The van der Waals surface area contributed by atoms with E-state index < -0.39 is 24.3 Å². The van der Waals surface area contributed by atoms with Gasteiger partial charge in [0.15, 0.2) is 0 Å². The first-order chi connectivity index (χ1) is 12.8. The largest absolute Gasteiger partial charge is 0.465 e. The Morgan fingerprint density at radius 3 is 2.89 bits per heavy atom. The second-order valence-electron chi connectivity index (χ2n) is 6.96. The van der Waals surface area contributed by atoms with Gasteiger partial charge in [-0.15, -0.1) is 0 Å². The maximum absolute atomic E-state index is 12.7. The van der Waals surface area contributed by atoms with E-state index in [2.05, 4.69) is 4.98 Å². The maximum Gasteiger partial charge on any atom is 0.407 e. The number of hydrogen-bond donors (Lipinski definition) is 3. The number of rotatable bonds is 4. The number of aliphatic hydroxyl groups is 2. The van der Waals surface area contributed by atoms with Gasteiger partial charge in [0.25, 0.3) is 5.56 Å². The summed E-state index contributed by atoms with van der Waals surface area (Å²) in [5.41, 5.74) is 1.00. The molecule has 1 fully saturated rings. The van der Waals surface area contributed by atoms with Crippen LogP contribution in [-0.2, 0) is 6.54 Å². The Labute approximate surface area is 160 Å². The Morgan fingerprint density at radius 1 is 1.44 bits per heavy atom.